The molecule has 1 saturated carbocycles. The fourth-order valence-electron chi connectivity index (χ4n) is 2.38. The monoisotopic (exact) mass is 366 g/mol. The van der Waals surface area contributed by atoms with Crippen molar-refractivity contribution in [3.05, 3.63) is 40.5 Å². The largest absolute Gasteiger partial charge is 0.339 e. The number of halogens is 1. The van der Waals surface area contributed by atoms with Crippen molar-refractivity contribution in [2.45, 2.75) is 42.2 Å². The van der Waals surface area contributed by atoms with Gasteiger partial charge in [-0.1, -0.05) is 17.3 Å². The number of Topliss-reactive ketones (excluding diaryl/α,β-unsaturated/α-hetero) is 1. The van der Waals surface area contributed by atoms with Gasteiger partial charge < -0.3 is 4.52 Å². The Labute approximate surface area is 135 Å². The van der Waals surface area contributed by atoms with Gasteiger partial charge in [0.2, 0.25) is 5.89 Å². The lowest BCUT2D eigenvalue weighted by Crippen LogP contribution is -2.12. The quantitative estimate of drug-likeness (QED) is 0.752. The van der Waals surface area contributed by atoms with Crippen LogP contribution in [0.5, 0.6) is 0 Å². The van der Waals surface area contributed by atoms with E-state index in [2.05, 4.69) is 32.1 Å². The van der Waals surface area contributed by atoms with Crippen LogP contribution in [0.4, 0.5) is 0 Å². The van der Waals surface area contributed by atoms with Gasteiger partial charge >= 0.3 is 0 Å². The molecule has 1 aliphatic rings. The van der Waals surface area contributed by atoms with Gasteiger partial charge in [-0.3, -0.25) is 4.79 Å². The number of rotatable bonds is 4. The van der Waals surface area contributed by atoms with E-state index in [0.29, 0.717) is 36.1 Å². The summed E-state index contributed by atoms with van der Waals surface area (Å²) in [6, 6.07) is 8.07. The van der Waals surface area contributed by atoms with Crippen LogP contribution in [0.3, 0.4) is 0 Å². The van der Waals surface area contributed by atoms with Crippen molar-refractivity contribution in [3.8, 4) is 0 Å². The van der Waals surface area contributed by atoms with Gasteiger partial charge in [0.1, 0.15) is 5.78 Å². The number of carbonyl (C=O) groups excluding carboxylic acids is 1. The van der Waals surface area contributed by atoms with Crippen molar-refractivity contribution in [3.63, 3.8) is 0 Å². The molecule has 4 nitrogen and oxygen atoms in total. The minimum atomic E-state index is 0.248. The predicted octanol–water partition coefficient (Wildman–Crippen LogP) is 4.35. The molecule has 0 unspecified atom stereocenters. The number of carbonyl (C=O) groups is 1. The van der Waals surface area contributed by atoms with Crippen LogP contribution in [0.25, 0.3) is 0 Å². The molecule has 1 aromatic carbocycles. The first kappa shape index (κ1) is 14.8. The highest BCUT2D eigenvalue weighted by Crippen LogP contribution is 2.32. The Kier molecular flexibility index (Phi) is 4.75. The second-order valence-corrected chi connectivity index (χ2v) is 6.95. The maximum absolute atomic E-state index is 11.3. The van der Waals surface area contributed by atoms with E-state index in [-0.39, 0.29) is 5.92 Å². The minimum absolute atomic E-state index is 0.248. The molecular formula is C15H15BrN2O2S. The van der Waals surface area contributed by atoms with Gasteiger partial charge in [-0.2, -0.15) is 4.98 Å². The van der Waals surface area contributed by atoms with E-state index < -0.39 is 0 Å². The standard InChI is InChI=1S/C15H15BrN2O2S/c16-12-3-1-2-4-13(12)21-9-14-17-15(20-18-14)10-5-7-11(19)8-6-10/h1-4,10H,5-9H2. The number of thioether (sulfide) groups is 1. The molecular weight excluding hydrogens is 352 g/mol. The van der Waals surface area contributed by atoms with Gasteiger partial charge in [0.25, 0.3) is 0 Å². The number of hydrogen-bond acceptors (Lipinski definition) is 5. The molecule has 0 amide bonds. The normalized spacial score (nSPS) is 16.3. The smallest absolute Gasteiger partial charge is 0.229 e. The summed E-state index contributed by atoms with van der Waals surface area (Å²) in [5, 5.41) is 4.05. The summed E-state index contributed by atoms with van der Waals surface area (Å²) in [6.07, 6.45) is 2.93. The molecule has 0 N–H and O–H groups in total. The van der Waals surface area contributed by atoms with Crippen molar-refractivity contribution in [2.24, 2.45) is 0 Å². The molecule has 0 aliphatic heterocycles. The van der Waals surface area contributed by atoms with Gasteiger partial charge in [-0.25, -0.2) is 0 Å². The Morgan fingerprint density at radius 1 is 1.29 bits per heavy atom. The van der Waals surface area contributed by atoms with Crippen LogP contribution < -0.4 is 0 Å². The zero-order valence-electron chi connectivity index (χ0n) is 11.4. The Morgan fingerprint density at radius 2 is 2.05 bits per heavy atom. The summed E-state index contributed by atoms with van der Waals surface area (Å²) < 4.78 is 6.43. The van der Waals surface area contributed by atoms with Crippen LogP contribution in [0.1, 0.15) is 43.3 Å². The second-order valence-electron chi connectivity index (χ2n) is 5.08. The molecule has 0 radical (unpaired) electrons. The third-order valence-electron chi connectivity index (χ3n) is 3.57. The van der Waals surface area contributed by atoms with Crippen LogP contribution in [0.15, 0.2) is 38.2 Å². The number of hydrogen-bond donors (Lipinski definition) is 0. The average molecular weight is 367 g/mol. The van der Waals surface area contributed by atoms with Crippen molar-refractivity contribution in [1.82, 2.24) is 10.1 Å². The molecule has 0 saturated heterocycles. The summed E-state index contributed by atoms with van der Waals surface area (Å²) >= 11 is 5.20. The third-order valence-corrected chi connectivity index (χ3v) is 5.59. The van der Waals surface area contributed by atoms with E-state index >= 15 is 0 Å². The minimum Gasteiger partial charge on any atom is -0.339 e. The van der Waals surface area contributed by atoms with Gasteiger partial charge in [-0.05, 0) is 40.9 Å². The van der Waals surface area contributed by atoms with Gasteiger partial charge in [0, 0.05) is 28.1 Å². The maximum atomic E-state index is 11.3. The fraction of sp³-hybridized carbons (Fsp3) is 0.400. The molecule has 110 valence electrons. The highest BCUT2D eigenvalue weighted by Gasteiger charge is 2.24. The Balaban J connectivity index is 1.60. The summed E-state index contributed by atoms with van der Waals surface area (Å²) in [4.78, 5) is 16.9. The predicted molar refractivity (Wildman–Crippen MR) is 84.2 cm³/mol. The summed E-state index contributed by atoms with van der Waals surface area (Å²) in [5.74, 6) is 2.67. The SMILES string of the molecule is O=C1CCC(c2nc(CSc3ccccc3Br)no2)CC1. The zero-order valence-corrected chi connectivity index (χ0v) is 13.8. The lowest BCUT2D eigenvalue weighted by atomic mass is 9.88. The summed E-state index contributed by atoms with van der Waals surface area (Å²) in [5.41, 5.74) is 0. The van der Waals surface area contributed by atoms with E-state index in [1.165, 1.54) is 0 Å². The topological polar surface area (TPSA) is 56.0 Å². The van der Waals surface area contributed by atoms with Crippen molar-refractivity contribution >= 4 is 33.5 Å². The lowest BCUT2D eigenvalue weighted by molar-refractivity contribution is -0.120. The molecule has 2 aromatic rings. The summed E-state index contributed by atoms with van der Waals surface area (Å²) in [7, 11) is 0. The highest BCUT2D eigenvalue weighted by atomic mass is 79.9. The van der Waals surface area contributed by atoms with E-state index in [1.807, 2.05) is 18.2 Å². The molecule has 1 heterocycles. The first-order valence-electron chi connectivity index (χ1n) is 6.94. The average Bonchev–Trinajstić information content (AvgIpc) is 2.96. The van der Waals surface area contributed by atoms with E-state index in [9.17, 15) is 4.79 Å². The van der Waals surface area contributed by atoms with E-state index in [1.54, 1.807) is 11.8 Å². The number of aromatic nitrogens is 2. The maximum Gasteiger partial charge on any atom is 0.229 e. The van der Waals surface area contributed by atoms with Crippen LogP contribution in [-0.2, 0) is 10.5 Å². The van der Waals surface area contributed by atoms with Crippen LogP contribution in [-0.4, -0.2) is 15.9 Å². The van der Waals surface area contributed by atoms with Crippen molar-refractivity contribution < 1.29 is 9.32 Å². The number of benzene rings is 1. The van der Waals surface area contributed by atoms with Crippen LogP contribution in [0, 0.1) is 0 Å². The Hall–Kier alpha value is -1.14. The van der Waals surface area contributed by atoms with Crippen molar-refractivity contribution in [1.29, 1.82) is 0 Å². The second kappa shape index (κ2) is 6.75. The first-order valence-corrected chi connectivity index (χ1v) is 8.72. The molecule has 1 aliphatic carbocycles. The van der Waals surface area contributed by atoms with Crippen molar-refractivity contribution in [2.75, 3.05) is 0 Å². The van der Waals surface area contributed by atoms with E-state index in [4.69, 9.17) is 4.52 Å². The Morgan fingerprint density at radius 3 is 2.81 bits per heavy atom. The molecule has 0 atom stereocenters. The highest BCUT2D eigenvalue weighted by molar-refractivity contribution is 9.10. The van der Waals surface area contributed by atoms with Crippen LogP contribution in [0.2, 0.25) is 0 Å². The first-order chi connectivity index (χ1) is 10.2. The molecule has 0 spiro atoms. The Bertz CT molecular complexity index is 634. The molecule has 21 heavy (non-hydrogen) atoms. The third kappa shape index (κ3) is 3.74. The molecule has 6 heteroatoms. The molecule has 3 rings (SSSR count). The fourth-order valence-corrected chi connectivity index (χ4v) is 3.79. The van der Waals surface area contributed by atoms with Crippen LogP contribution >= 0.6 is 27.7 Å². The van der Waals surface area contributed by atoms with Gasteiger partial charge in [-0.15, -0.1) is 11.8 Å². The molecule has 1 fully saturated rings. The zero-order chi connectivity index (χ0) is 14.7. The lowest BCUT2D eigenvalue weighted by Gasteiger charge is -2.16. The van der Waals surface area contributed by atoms with Gasteiger partial charge in [0.15, 0.2) is 5.82 Å². The molecule has 1 aromatic heterocycles. The molecule has 0 bridgehead atoms. The number of ketones is 1. The number of nitrogens with zero attached hydrogens (tertiary/aromatic N) is 2. The van der Waals surface area contributed by atoms with E-state index in [0.717, 1.165) is 22.2 Å². The van der Waals surface area contributed by atoms with Gasteiger partial charge in [0.05, 0.1) is 5.75 Å². The summed E-state index contributed by atoms with van der Waals surface area (Å²) in [6.45, 7) is 0.